The predicted octanol–water partition coefficient (Wildman–Crippen LogP) is 1.87. The first kappa shape index (κ1) is 20.7. The molecule has 0 saturated carbocycles. The normalized spacial score (nSPS) is 11.8. The minimum atomic E-state index is -0.582. The monoisotopic (exact) mass is 352 g/mol. The van der Waals surface area contributed by atoms with Gasteiger partial charge in [-0.3, -0.25) is 9.79 Å². The number of likely N-dealkylation sites (N-methyl/N-ethyl adjacent to an activating group) is 1. The van der Waals surface area contributed by atoms with E-state index in [4.69, 9.17) is 4.74 Å². The third kappa shape index (κ3) is 6.99. The number of carbonyl (C=O) groups is 1. The second-order valence-electron chi connectivity index (χ2n) is 6.36. The number of guanidine groups is 1. The number of hydrogen-bond acceptors (Lipinski definition) is 3. The summed E-state index contributed by atoms with van der Waals surface area (Å²) in [6, 6.07) is 5.93. The predicted molar refractivity (Wildman–Crippen MR) is 98.4 cm³/mol. The third-order valence-corrected chi connectivity index (χ3v) is 3.67. The molecule has 0 fully saturated rings. The van der Waals surface area contributed by atoms with Crippen LogP contribution in [0, 0.1) is 11.2 Å². The molecule has 25 heavy (non-hydrogen) atoms. The van der Waals surface area contributed by atoms with Crippen molar-refractivity contribution in [1.82, 2.24) is 15.5 Å². The highest BCUT2D eigenvalue weighted by molar-refractivity contribution is 5.83. The van der Waals surface area contributed by atoms with Gasteiger partial charge in [-0.1, -0.05) is 0 Å². The summed E-state index contributed by atoms with van der Waals surface area (Å²) in [6.45, 7) is 7.84. The molecule has 1 aromatic carbocycles. The fourth-order valence-electron chi connectivity index (χ4n) is 2.09. The van der Waals surface area contributed by atoms with Gasteiger partial charge in [0.25, 0.3) is 0 Å². The minimum absolute atomic E-state index is 0.0469. The van der Waals surface area contributed by atoms with Crippen LogP contribution in [0.1, 0.15) is 20.8 Å². The Morgan fingerprint density at radius 1 is 1.32 bits per heavy atom. The molecule has 0 radical (unpaired) electrons. The summed E-state index contributed by atoms with van der Waals surface area (Å²) < 4.78 is 18.5. The van der Waals surface area contributed by atoms with Gasteiger partial charge in [-0.05, 0) is 45.0 Å². The molecule has 0 atom stereocenters. The number of amides is 1. The first-order chi connectivity index (χ1) is 11.8. The molecule has 0 aliphatic rings. The van der Waals surface area contributed by atoms with Gasteiger partial charge in [0.1, 0.15) is 18.2 Å². The molecule has 1 aromatic rings. The highest BCUT2D eigenvalue weighted by Crippen LogP contribution is 2.15. The number of rotatable bonds is 8. The lowest BCUT2D eigenvalue weighted by molar-refractivity contribution is -0.128. The van der Waals surface area contributed by atoms with E-state index in [1.54, 1.807) is 19.2 Å². The van der Waals surface area contributed by atoms with E-state index in [9.17, 15) is 9.18 Å². The van der Waals surface area contributed by atoms with Gasteiger partial charge < -0.3 is 20.3 Å². The summed E-state index contributed by atoms with van der Waals surface area (Å²) in [5.41, 5.74) is -0.582. The number of halogens is 1. The second-order valence-corrected chi connectivity index (χ2v) is 6.36. The molecule has 0 aromatic heterocycles. The quantitative estimate of drug-likeness (QED) is 0.554. The Hall–Kier alpha value is -2.31. The van der Waals surface area contributed by atoms with Crippen LogP contribution < -0.4 is 15.4 Å². The smallest absolute Gasteiger partial charge is 0.227 e. The van der Waals surface area contributed by atoms with Crippen molar-refractivity contribution in [2.75, 3.05) is 40.3 Å². The van der Waals surface area contributed by atoms with Crippen molar-refractivity contribution in [3.8, 4) is 5.75 Å². The number of ether oxygens (including phenoxy) is 1. The summed E-state index contributed by atoms with van der Waals surface area (Å²) in [4.78, 5) is 18.4. The van der Waals surface area contributed by atoms with Gasteiger partial charge in [0.2, 0.25) is 5.91 Å². The van der Waals surface area contributed by atoms with Crippen molar-refractivity contribution >= 4 is 11.9 Å². The van der Waals surface area contributed by atoms with Gasteiger partial charge in [-0.15, -0.1) is 0 Å². The lowest BCUT2D eigenvalue weighted by Crippen LogP contribution is -2.43. The van der Waals surface area contributed by atoms with Crippen molar-refractivity contribution in [1.29, 1.82) is 0 Å². The number of nitrogens with zero attached hydrogens (tertiary/aromatic N) is 2. The van der Waals surface area contributed by atoms with Crippen molar-refractivity contribution in [3.63, 3.8) is 0 Å². The van der Waals surface area contributed by atoms with Crippen LogP contribution in [0.5, 0.6) is 5.75 Å². The maximum absolute atomic E-state index is 12.9. The summed E-state index contributed by atoms with van der Waals surface area (Å²) in [5, 5.41) is 5.86. The molecule has 140 valence electrons. The van der Waals surface area contributed by atoms with E-state index in [0.717, 1.165) is 6.54 Å². The molecule has 0 aliphatic heterocycles. The molecular weight excluding hydrogens is 323 g/mol. The highest BCUT2D eigenvalue weighted by atomic mass is 19.1. The lowest BCUT2D eigenvalue weighted by Gasteiger charge is -2.25. The molecule has 0 aliphatic carbocycles. The van der Waals surface area contributed by atoms with E-state index < -0.39 is 5.41 Å². The largest absolute Gasteiger partial charge is 0.492 e. The van der Waals surface area contributed by atoms with Crippen LogP contribution in [-0.2, 0) is 4.79 Å². The van der Waals surface area contributed by atoms with Crippen LogP contribution in [0.4, 0.5) is 4.39 Å². The fraction of sp³-hybridized carbons (Fsp3) is 0.556. The summed E-state index contributed by atoms with van der Waals surface area (Å²) >= 11 is 0. The summed E-state index contributed by atoms with van der Waals surface area (Å²) in [6.07, 6.45) is 0. The molecule has 7 heteroatoms. The maximum Gasteiger partial charge on any atom is 0.227 e. The molecule has 0 spiro atoms. The zero-order chi connectivity index (χ0) is 18.9. The van der Waals surface area contributed by atoms with Gasteiger partial charge in [-0.25, -0.2) is 4.39 Å². The van der Waals surface area contributed by atoms with Gasteiger partial charge >= 0.3 is 0 Å². The molecule has 0 unspecified atom stereocenters. The molecule has 1 amide bonds. The van der Waals surface area contributed by atoms with Crippen LogP contribution in [0.25, 0.3) is 0 Å². The highest BCUT2D eigenvalue weighted by Gasteiger charge is 2.26. The standard InChI is InChI=1S/C18H29FN4O2/c1-6-21-17(22-13-18(2,3)16(24)20-4)23(5)11-12-25-15-9-7-14(19)8-10-15/h7-10H,6,11-13H2,1-5H3,(H,20,24)(H,21,22). The maximum atomic E-state index is 12.9. The minimum Gasteiger partial charge on any atom is -0.492 e. The fourth-order valence-corrected chi connectivity index (χ4v) is 2.09. The van der Waals surface area contributed by atoms with Crippen LogP contribution in [0.2, 0.25) is 0 Å². The topological polar surface area (TPSA) is 66.0 Å². The number of nitrogens with one attached hydrogen (secondary N) is 2. The Morgan fingerprint density at radius 3 is 2.52 bits per heavy atom. The molecule has 0 bridgehead atoms. The zero-order valence-corrected chi connectivity index (χ0v) is 15.7. The summed E-state index contributed by atoms with van der Waals surface area (Å²) in [5.74, 6) is 0.999. The van der Waals surface area contributed by atoms with Gasteiger partial charge in [0.05, 0.1) is 18.5 Å². The molecule has 6 nitrogen and oxygen atoms in total. The van der Waals surface area contributed by atoms with Crippen LogP contribution in [0.15, 0.2) is 29.3 Å². The average molecular weight is 352 g/mol. The van der Waals surface area contributed by atoms with Crippen molar-refractivity contribution in [2.45, 2.75) is 20.8 Å². The first-order valence-corrected chi connectivity index (χ1v) is 8.40. The first-order valence-electron chi connectivity index (χ1n) is 8.40. The molecule has 1 rings (SSSR count). The Labute approximate surface area is 149 Å². The van der Waals surface area contributed by atoms with Gasteiger partial charge in [0, 0.05) is 20.6 Å². The SMILES string of the molecule is CCNC(=NCC(C)(C)C(=O)NC)N(C)CCOc1ccc(F)cc1. The Balaban J connectivity index is 2.59. The number of carbonyl (C=O) groups excluding carboxylic acids is 1. The Kier molecular flexibility index (Phi) is 8.18. The third-order valence-electron chi connectivity index (χ3n) is 3.67. The Morgan fingerprint density at radius 2 is 1.96 bits per heavy atom. The number of aliphatic imine (C=N–C) groups is 1. The van der Waals surface area contributed by atoms with Crippen LogP contribution >= 0.6 is 0 Å². The number of benzene rings is 1. The average Bonchev–Trinajstić information content (AvgIpc) is 2.59. The van der Waals surface area contributed by atoms with Crippen LogP contribution in [0.3, 0.4) is 0 Å². The summed E-state index contributed by atoms with van der Waals surface area (Å²) in [7, 11) is 3.53. The van der Waals surface area contributed by atoms with Gasteiger partial charge in [0.15, 0.2) is 5.96 Å². The van der Waals surface area contributed by atoms with E-state index >= 15 is 0 Å². The molecule has 0 saturated heterocycles. The van der Waals surface area contributed by atoms with Crippen molar-refractivity contribution < 1.29 is 13.9 Å². The van der Waals surface area contributed by atoms with E-state index in [1.807, 2.05) is 32.7 Å². The van der Waals surface area contributed by atoms with E-state index in [0.29, 0.717) is 31.4 Å². The lowest BCUT2D eigenvalue weighted by atomic mass is 9.93. The molecular formula is C18H29FN4O2. The van der Waals surface area contributed by atoms with E-state index in [2.05, 4.69) is 15.6 Å². The molecule has 2 N–H and O–H groups in total. The zero-order valence-electron chi connectivity index (χ0n) is 15.7. The van der Waals surface area contributed by atoms with Gasteiger partial charge in [-0.2, -0.15) is 0 Å². The van der Waals surface area contributed by atoms with Crippen molar-refractivity contribution in [2.24, 2.45) is 10.4 Å². The second kappa shape index (κ2) is 9.86. The van der Waals surface area contributed by atoms with E-state index in [1.165, 1.54) is 12.1 Å². The van der Waals surface area contributed by atoms with Crippen LogP contribution in [-0.4, -0.2) is 57.1 Å². The van der Waals surface area contributed by atoms with Crippen molar-refractivity contribution in [3.05, 3.63) is 30.1 Å². The van der Waals surface area contributed by atoms with E-state index in [-0.39, 0.29) is 11.7 Å². The molecule has 0 heterocycles. The Bertz CT molecular complexity index is 573. The number of hydrogen-bond donors (Lipinski definition) is 2.